The summed E-state index contributed by atoms with van der Waals surface area (Å²) in [6.07, 6.45) is 0. The quantitative estimate of drug-likeness (QED) is 0.837. The molecule has 5 heteroatoms. The van der Waals surface area contributed by atoms with Gasteiger partial charge in [-0.1, -0.05) is 12.1 Å². The van der Waals surface area contributed by atoms with Crippen molar-refractivity contribution >= 4 is 27.5 Å². The van der Waals surface area contributed by atoms with E-state index >= 15 is 0 Å². The number of carbonyl (C=O) groups excluding carboxylic acids is 1. The Hall–Kier alpha value is -1.88. The highest BCUT2D eigenvalue weighted by atomic mass is 79.9. The monoisotopic (exact) mass is 308 g/mol. The third-order valence-corrected chi connectivity index (χ3v) is 3.23. The van der Waals surface area contributed by atoms with E-state index in [2.05, 4.69) is 15.9 Å². The number of amides is 1. The Labute approximate surface area is 112 Å². The van der Waals surface area contributed by atoms with E-state index < -0.39 is 5.91 Å². The molecule has 0 fully saturated rings. The van der Waals surface area contributed by atoms with E-state index in [4.69, 9.17) is 11.5 Å². The largest absolute Gasteiger partial charge is 0.397 e. The van der Waals surface area contributed by atoms with Gasteiger partial charge in [0.2, 0.25) is 0 Å². The number of nitrogens with two attached hydrogens (primary N) is 2. The van der Waals surface area contributed by atoms with E-state index in [9.17, 15) is 9.18 Å². The van der Waals surface area contributed by atoms with Crippen molar-refractivity contribution in [2.24, 2.45) is 5.73 Å². The summed E-state index contributed by atoms with van der Waals surface area (Å²) in [7, 11) is 0. The summed E-state index contributed by atoms with van der Waals surface area (Å²) in [5, 5.41) is 0. The van der Waals surface area contributed by atoms with Crippen LogP contribution in [0.3, 0.4) is 0 Å². The van der Waals surface area contributed by atoms with Crippen LogP contribution in [0, 0.1) is 5.82 Å². The summed E-state index contributed by atoms with van der Waals surface area (Å²) in [5.74, 6) is -0.916. The Kier molecular flexibility index (Phi) is 3.34. The third-order valence-electron chi connectivity index (χ3n) is 2.57. The van der Waals surface area contributed by atoms with Crippen molar-refractivity contribution in [2.45, 2.75) is 0 Å². The van der Waals surface area contributed by atoms with Gasteiger partial charge in [0.05, 0.1) is 11.3 Å². The first-order valence-corrected chi connectivity index (χ1v) is 5.93. The maximum atomic E-state index is 12.8. The van der Waals surface area contributed by atoms with Gasteiger partial charge in [0.1, 0.15) is 5.82 Å². The predicted octanol–water partition coefficient (Wildman–Crippen LogP) is 2.94. The van der Waals surface area contributed by atoms with E-state index in [1.54, 1.807) is 24.3 Å². The smallest absolute Gasteiger partial charge is 0.250 e. The minimum absolute atomic E-state index is 0.240. The Balaban J connectivity index is 2.59. The number of anilines is 1. The predicted molar refractivity (Wildman–Crippen MR) is 72.5 cm³/mol. The van der Waals surface area contributed by atoms with E-state index in [-0.39, 0.29) is 11.4 Å². The lowest BCUT2D eigenvalue weighted by Crippen LogP contribution is -2.14. The molecule has 2 aromatic carbocycles. The molecule has 0 aliphatic carbocycles. The molecule has 0 radical (unpaired) electrons. The molecule has 0 aromatic heterocycles. The van der Waals surface area contributed by atoms with Gasteiger partial charge in [0.15, 0.2) is 0 Å². The lowest BCUT2D eigenvalue weighted by Gasteiger charge is -2.09. The molecule has 18 heavy (non-hydrogen) atoms. The van der Waals surface area contributed by atoms with Crippen LogP contribution >= 0.6 is 15.9 Å². The molecule has 92 valence electrons. The maximum absolute atomic E-state index is 12.8. The zero-order valence-corrected chi connectivity index (χ0v) is 10.9. The topological polar surface area (TPSA) is 69.1 Å². The van der Waals surface area contributed by atoms with Crippen LogP contribution < -0.4 is 11.5 Å². The number of hydrogen-bond acceptors (Lipinski definition) is 2. The molecule has 3 nitrogen and oxygen atoms in total. The standard InChI is InChI=1S/C13H10BrFN2O/c14-11-6-8(5-10(12(11)16)13(17)18)7-1-3-9(15)4-2-7/h1-6H,16H2,(H2,17,18). The van der Waals surface area contributed by atoms with E-state index in [1.165, 1.54) is 12.1 Å². The molecule has 0 spiro atoms. The lowest BCUT2D eigenvalue weighted by molar-refractivity contribution is 0.100. The first-order valence-electron chi connectivity index (χ1n) is 5.14. The van der Waals surface area contributed by atoms with Crippen molar-refractivity contribution in [1.82, 2.24) is 0 Å². The zero-order chi connectivity index (χ0) is 13.3. The molecule has 1 amide bonds. The molecular weight excluding hydrogens is 299 g/mol. The third kappa shape index (κ3) is 2.36. The highest BCUT2D eigenvalue weighted by molar-refractivity contribution is 9.10. The fourth-order valence-corrected chi connectivity index (χ4v) is 2.09. The Morgan fingerprint density at radius 2 is 1.72 bits per heavy atom. The zero-order valence-electron chi connectivity index (χ0n) is 9.28. The van der Waals surface area contributed by atoms with Gasteiger partial charge in [0.25, 0.3) is 5.91 Å². The van der Waals surface area contributed by atoms with Crippen molar-refractivity contribution in [1.29, 1.82) is 0 Å². The first kappa shape index (κ1) is 12.6. The van der Waals surface area contributed by atoms with Crippen molar-refractivity contribution < 1.29 is 9.18 Å². The fourth-order valence-electron chi connectivity index (χ4n) is 1.63. The molecule has 2 aromatic rings. The Bertz CT molecular complexity index is 611. The highest BCUT2D eigenvalue weighted by Crippen LogP contribution is 2.30. The van der Waals surface area contributed by atoms with Gasteiger partial charge in [-0.2, -0.15) is 0 Å². The molecule has 0 saturated carbocycles. The Morgan fingerprint density at radius 3 is 2.28 bits per heavy atom. The van der Waals surface area contributed by atoms with Crippen molar-refractivity contribution in [2.75, 3.05) is 5.73 Å². The fraction of sp³-hybridized carbons (Fsp3) is 0. The summed E-state index contributed by atoms with van der Waals surface area (Å²) in [4.78, 5) is 11.3. The molecular formula is C13H10BrFN2O. The van der Waals surface area contributed by atoms with Crippen LogP contribution in [0.5, 0.6) is 0 Å². The van der Waals surface area contributed by atoms with Gasteiger partial charge in [-0.05, 0) is 51.3 Å². The second-order valence-corrected chi connectivity index (χ2v) is 4.64. The summed E-state index contributed by atoms with van der Waals surface area (Å²) in [6.45, 7) is 0. The van der Waals surface area contributed by atoms with E-state index in [0.29, 0.717) is 10.2 Å². The van der Waals surface area contributed by atoms with Crippen molar-refractivity contribution in [3.63, 3.8) is 0 Å². The van der Waals surface area contributed by atoms with Crippen LogP contribution in [-0.2, 0) is 0 Å². The van der Waals surface area contributed by atoms with Crippen LogP contribution in [0.4, 0.5) is 10.1 Å². The van der Waals surface area contributed by atoms with Crippen LogP contribution in [0.25, 0.3) is 11.1 Å². The number of hydrogen-bond donors (Lipinski definition) is 2. The minimum atomic E-state index is -0.600. The first-order chi connectivity index (χ1) is 8.49. The van der Waals surface area contributed by atoms with Gasteiger partial charge >= 0.3 is 0 Å². The number of nitrogen functional groups attached to an aromatic ring is 1. The average Bonchev–Trinajstić information content (AvgIpc) is 2.33. The number of carbonyl (C=O) groups is 1. The highest BCUT2D eigenvalue weighted by Gasteiger charge is 2.11. The van der Waals surface area contributed by atoms with Crippen LogP contribution in [-0.4, -0.2) is 5.91 Å². The van der Waals surface area contributed by atoms with Gasteiger partial charge in [-0.25, -0.2) is 4.39 Å². The minimum Gasteiger partial charge on any atom is -0.397 e. The van der Waals surface area contributed by atoms with E-state index in [1.807, 2.05) is 0 Å². The summed E-state index contributed by atoms with van der Waals surface area (Å²) < 4.78 is 13.4. The van der Waals surface area contributed by atoms with Gasteiger partial charge in [0, 0.05) is 4.47 Å². The summed E-state index contributed by atoms with van der Waals surface area (Å²) in [6, 6.07) is 9.30. The maximum Gasteiger partial charge on any atom is 0.250 e. The van der Waals surface area contributed by atoms with Gasteiger partial charge in [-0.15, -0.1) is 0 Å². The number of benzene rings is 2. The summed E-state index contributed by atoms with van der Waals surface area (Å²) in [5.41, 5.74) is 13.1. The molecule has 0 bridgehead atoms. The van der Waals surface area contributed by atoms with Gasteiger partial charge in [-0.3, -0.25) is 4.79 Å². The molecule has 0 unspecified atom stereocenters. The number of rotatable bonds is 2. The molecule has 0 atom stereocenters. The van der Waals surface area contributed by atoms with Crippen molar-refractivity contribution in [3.05, 3.63) is 52.3 Å². The number of primary amides is 1. The van der Waals surface area contributed by atoms with Crippen LogP contribution in [0.15, 0.2) is 40.9 Å². The lowest BCUT2D eigenvalue weighted by atomic mass is 10.0. The second-order valence-electron chi connectivity index (χ2n) is 3.79. The molecule has 0 saturated heterocycles. The normalized spacial score (nSPS) is 10.3. The van der Waals surface area contributed by atoms with Crippen LogP contribution in [0.1, 0.15) is 10.4 Å². The Morgan fingerprint density at radius 1 is 1.11 bits per heavy atom. The van der Waals surface area contributed by atoms with E-state index in [0.717, 1.165) is 11.1 Å². The SMILES string of the molecule is NC(=O)c1cc(-c2ccc(F)cc2)cc(Br)c1N. The van der Waals surface area contributed by atoms with Crippen LogP contribution in [0.2, 0.25) is 0 Å². The molecule has 2 rings (SSSR count). The molecule has 0 heterocycles. The summed E-state index contributed by atoms with van der Waals surface area (Å²) >= 11 is 3.27. The molecule has 0 aliphatic heterocycles. The number of halogens is 2. The average molecular weight is 309 g/mol. The molecule has 4 N–H and O–H groups in total. The van der Waals surface area contributed by atoms with Crippen molar-refractivity contribution in [3.8, 4) is 11.1 Å². The second kappa shape index (κ2) is 4.78. The van der Waals surface area contributed by atoms with Gasteiger partial charge < -0.3 is 11.5 Å². The molecule has 0 aliphatic rings.